The Morgan fingerprint density at radius 2 is 2.35 bits per heavy atom. The Hall–Kier alpha value is -1.80. The minimum Gasteiger partial charge on any atom is -0.382 e. The molecule has 5 heteroatoms. The summed E-state index contributed by atoms with van der Waals surface area (Å²) >= 11 is 3.34. The highest BCUT2D eigenvalue weighted by molar-refractivity contribution is 9.10. The number of hydrogen-bond acceptors (Lipinski definition) is 3. The SMILES string of the molecule is N#Cc1cc(Br)ccc1NCCn1cccn1. The molecule has 86 valence electrons. The molecule has 0 fully saturated rings. The van der Waals surface area contributed by atoms with Crippen molar-refractivity contribution in [1.82, 2.24) is 9.78 Å². The van der Waals surface area contributed by atoms with Gasteiger partial charge in [0.2, 0.25) is 0 Å². The second kappa shape index (κ2) is 5.51. The van der Waals surface area contributed by atoms with E-state index >= 15 is 0 Å². The van der Waals surface area contributed by atoms with E-state index < -0.39 is 0 Å². The van der Waals surface area contributed by atoms with Gasteiger partial charge in [0, 0.05) is 23.4 Å². The van der Waals surface area contributed by atoms with Gasteiger partial charge in [-0.15, -0.1) is 0 Å². The van der Waals surface area contributed by atoms with E-state index in [0.29, 0.717) is 5.56 Å². The van der Waals surface area contributed by atoms with Crippen molar-refractivity contribution in [3.05, 3.63) is 46.7 Å². The van der Waals surface area contributed by atoms with Gasteiger partial charge in [-0.25, -0.2) is 0 Å². The molecule has 1 aromatic heterocycles. The summed E-state index contributed by atoms with van der Waals surface area (Å²) in [5, 5.41) is 16.3. The summed E-state index contributed by atoms with van der Waals surface area (Å²) in [6, 6.07) is 9.66. The third kappa shape index (κ3) is 3.08. The molecule has 0 saturated carbocycles. The molecule has 0 aliphatic carbocycles. The molecule has 0 spiro atoms. The highest BCUT2D eigenvalue weighted by atomic mass is 79.9. The molecule has 0 radical (unpaired) electrons. The van der Waals surface area contributed by atoms with E-state index in [1.807, 2.05) is 29.1 Å². The van der Waals surface area contributed by atoms with Crippen molar-refractivity contribution >= 4 is 21.6 Å². The van der Waals surface area contributed by atoms with E-state index in [0.717, 1.165) is 23.2 Å². The lowest BCUT2D eigenvalue weighted by atomic mass is 10.2. The zero-order valence-electron chi connectivity index (χ0n) is 9.10. The second-order valence-electron chi connectivity index (χ2n) is 3.50. The van der Waals surface area contributed by atoms with E-state index in [9.17, 15) is 0 Å². The number of nitrogens with zero attached hydrogens (tertiary/aromatic N) is 3. The normalized spacial score (nSPS) is 9.88. The maximum atomic E-state index is 9.00. The molecule has 1 N–H and O–H groups in total. The van der Waals surface area contributed by atoms with E-state index in [1.54, 1.807) is 12.3 Å². The van der Waals surface area contributed by atoms with Crippen molar-refractivity contribution in [2.24, 2.45) is 0 Å². The van der Waals surface area contributed by atoms with E-state index in [1.165, 1.54) is 0 Å². The number of nitriles is 1. The fourth-order valence-electron chi connectivity index (χ4n) is 1.50. The van der Waals surface area contributed by atoms with Crippen LogP contribution in [0.1, 0.15) is 5.56 Å². The Kier molecular flexibility index (Phi) is 3.78. The van der Waals surface area contributed by atoms with Crippen LogP contribution in [0.5, 0.6) is 0 Å². The maximum Gasteiger partial charge on any atom is 0.101 e. The molecule has 2 aromatic rings. The highest BCUT2D eigenvalue weighted by Crippen LogP contribution is 2.19. The lowest BCUT2D eigenvalue weighted by Gasteiger charge is -2.08. The predicted molar refractivity (Wildman–Crippen MR) is 69.6 cm³/mol. The molecule has 0 bridgehead atoms. The minimum atomic E-state index is 0.639. The second-order valence-corrected chi connectivity index (χ2v) is 4.41. The van der Waals surface area contributed by atoms with Crippen LogP contribution in [-0.2, 0) is 6.54 Å². The Morgan fingerprint density at radius 1 is 1.47 bits per heavy atom. The first-order valence-electron chi connectivity index (χ1n) is 5.20. The predicted octanol–water partition coefficient (Wildman–Crippen LogP) is 2.63. The molecule has 0 unspecified atom stereocenters. The molecule has 0 aliphatic rings. The van der Waals surface area contributed by atoms with Crippen molar-refractivity contribution in [2.75, 3.05) is 11.9 Å². The topological polar surface area (TPSA) is 53.6 Å². The van der Waals surface area contributed by atoms with Crippen LogP contribution in [0, 0.1) is 11.3 Å². The third-order valence-electron chi connectivity index (χ3n) is 2.32. The Labute approximate surface area is 108 Å². The van der Waals surface area contributed by atoms with Gasteiger partial charge < -0.3 is 5.32 Å². The van der Waals surface area contributed by atoms with Gasteiger partial charge in [0.15, 0.2) is 0 Å². The number of halogens is 1. The van der Waals surface area contributed by atoms with E-state index in [4.69, 9.17) is 5.26 Å². The fraction of sp³-hybridized carbons (Fsp3) is 0.167. The lowest BCUT2D eigenvalue weighted by molar-refractivity contribution is 0.638. The molecular formula is C12H11BrN4. The quantitative estimate of drug-likeness (QED) is 0.942. The molecular weight excluding hydrogens is 280 g/mol. The van der Waals surface area contributed by atoms with E-state index in [-0.39, 0.29) is 0 Å². The molecule has 1 aromatic carbocycles. The van der Waals surface area contributed by atoms with Crippen LogP contribution in [-0.4, -0.2) is 16.3 Å². The maximum absolute atomic E-state index is 9.00. The molecule has 0 aliphatic heterocycles. The summed E-state index contributed by atoms with van der Waals surface area (Å²) in [4.78, 5) is 0. The lowest BCUT2D eigenvalue weighted by Crippen LogP contribution is -2.11. The number of benzene rings is 1. The average Bonchev–Trinajstić information content (AvgIpc) is 2.84. The van der Waals surface area contributed by atoms with Gasteiger partial charge >= 0.3 is 0 Å². The molecule has 0 amide bonds. The standard InChI is InChI=1S/C12H11BrN4/c13-11-2-3-12(10(8-11)9-14)15-5-7-17-6-1-4-16-17/h1-4,6,8,15H,5,7H2. The summed E-state index contributed by atoms with van der Waals surface area (Å²) < 4.78 is 2.75. The highest BCUT2D eigenvalue weighted by Gasteiger charge is 2.01. The molecule has 1 heterocycles. The van der Waals surface area contributed by atoms with Crippen LogP contribution in [0.4, 0.5) is 5.69 Å². The number of aromatic nitrogens is 2. The monoisotopic (exact) mass is 290 g/mol. The van der Waals surface area contributed by atoms with Gasteiger partial charge in [-0.3, -0.25) is 4.68 Å². The van der Waals surface area contributed by atoms with Gasteiger partial charge in [-0.05, 0) is 24.3 Å². The summed E-state index contributed by atoms with van der Waals surface area (Å²) in [6.07, 6.45) is 3.66. The molecule has 0 atom stereocenters. The van der Waals surface area contributed by atoms with Gasteiger partial charge in [0.1, 0.15) is 6.07 Å². The Balaban J connectivity index is 1.97. The van der Waals surface area contributed by atoms with Crippen LogP contribution < -0.4 is 5.32 Å². The first-order valence-corrected chi connectivity index (χ1v) is 6.00. The van der Waals surface area contributed by atoms with Gasteiger partial charge in [0.05, 0.1) is 17.8 Å². The van der Waals surface area contributed by atoms with Gasteiger partial charge in [0.25, 0.3) is 0 Å². The van der Waals surface area contributed by atoms with Crippen LogP contribution in [0.2, 0.25) is 0 Å². The average molecular weight is 291 g/mol. The summed E-state index contributed by atoms with van der Waals surface area (Å²) in [5.41, 5.74) is 1.49. The van der Waals surface area contributed by atoms with Crippen LogP contribution >= 0.6 is 15.9 Å². The zero-order valence-corrected chi connectivity index (χ0v) is 10.7. The fourth-order valence-corrected chi connectivity index (χ4v) is 1.86. The van der Waals surface area contributed by atoms with Crippen molar-refractivity contribution in [3.8, 4) is 6.07 Å². The summed E-state index contributed by atoms with van der Waals surface area (Å²) in [6.45, 7) is 1.51. The van der Waals surface area contributed by atoms with Crippen LogP contribution in [0.25, 0.3) is 0 Å². The van der Waals surface area contributed by atoms with Crippen LogP contribution in [0.3, 0.4) is 0 Å². The molecule has 0 saturated heterocycles. The molecule has 4 nitrogen and oxygen atoms in total. The van der Waals surface area contributed by atoms with Crippen molar-refractivity contribution in [1.29, 1.82) is 5.26 Å². The number of hydrogen-bond donors (Lipinski definition) is 1. The first-order chi connectivity index (χ1) is 8.29. The van der Waals surface area contributed by atoms with Crippen molar-refractivity contribution in [2.45, 2.75) is 6.54 Å². The molecule has 17 heavy (non-hydrogen) atoms. The Morgan fingerprint density at radius 3 is 3.06 bits per heavy atom. The smallest absolute Gasteiger partial charge is 0.101 e. The van der Waals surface area contributed by atoms with E-state index in [2.05, 4.69) is 32.4 Å². The van der Waals surface area contributed by atoms with Crippen molar-refractivity contribution in [3.63, 3.8) is 0 Å². The number of anilines is 1. The van der Waals surface area contributed by atoms with Crippen LogP contribution in [0.15, 0.2) is 41.1 Å². The van der Waals surface area contributed by atoms with Crippen molar-refractivity contribution < 1.29 is 0 Å². The molecule has 2 rings (SSSR count). The zero-order chi connectivity index (χ0) is 12.1. The largest absolute Gasteiger partial charge is 0.382 e. The summed E-state index contributed by atoms with van der Waals surface area (Å²) in [7, 11) is 0. The number of nitrogens with one attached hydrogen (secondary N) is 1. The summed E-state index contributed by atoms with van der Waals surface area (Å²) in [5.74, 6) is 0. The third-order valence-corrected chi connectivity index (χ3v) is 2.81. The van der Waals surface area contributed by atoms with Gasteiger partial charge in [-0.2, -0.15) is 10.4 Å². The Bertz CT molecular complexity index is 528. The minimum absolute atomic E-state index is 0.639. The first kappa shape index (κ1) is 11.7. The number of rotatable bonds is 4. The van der Waals surface area contributed by atoms with Gasteiger partial charge in [-0.1, -0.05) is 15.9 Å².